The van der Waals surface area contributed by atoms with Gasteiger partial charge in [-0.3, -0.25) is 9.36 Å². The predicted molar refractivity (Wildman–Crippen MR) is 135 cm³/mol. The van der Waals surface area contributed by atoms with Crippen LogP contribution in [-0.2, 0) is 11.3 Å². The zero-order chi connectivity index (χ0) is 24.2. The summed E-state index contributed by atoms with van der Waals surface area (Å²) in [6, 6.07) is 6.95. The summed E-state index contributed by atoms with van der Waals surface area (Å²) in [6.45, 7) is 8.72. The van der Waals surface area contributed by atoms with Gasteiger partial charge in [-0.25, -0.2) is 9.98 Å². The highest BCUT2D eigenvalue weighted by molar-refractivity contribution is 6.33. The number of aryl methyl sites for hydroxylation is 1. The third-order valence-electron chi connectivity index (χ3n) is 5.70. The molecule has 1 aromatic carbocycles. The molecule has 1 aliphatic rings. The van der Waals surface area contributed by atoms with Crippen LogP contribution in [0.15, 0.2) is 58.9 Å². The monoisotopic (exact) mass is 481 g/mol. The van der Waals surface area contributed by atoms with Crippen LogP contribution in [0.1, 0.15) is 25.8 Å². The number of allylic oxidation sites excluding steroid dienone is 2. The Kier molecular flexibility index (Phi) is 7.19. The number of hydrogen-bond donors (Lipinski definition) is 1. The standard InChI is InChI=1S/C25H25ClFN5O2/c1-4-9-28-22(27)15(3)16-6-7-19(21(26)12-16)20-11-17-13-29-25(30-18-8-10-34-14-18)31-23(17)32(5-2)24(20)33/h4,6-7,9,11-13,18H,1,5,8,10,14H2,2-3H3,(H,29,30,31). The lowest BCUT2D eigenvalue weighted by atomic mass is 10.0. The van der Waals surface area contributed by atoms with Gasteiger partial charge in [-0.05, 0) is 38.0 Å². The molecule has 176 valence electrons. The van der Waals surface area contributed by atoms with Crippen LogP contribution in [0.5, 0.6) is 0 Å². The van der Waals surface area contributed by atoms with Crippen molar-refractivity contribution in [1.82, 2.24) is 14.5 Å². The Morgan fingerprint density at radius 1 is 1.41 bits per heavy atom. The molecular weight excluding hydrogens is 457 g/mol. The summed E-state index contributed by atoms with van der Waals surface area (Å²) in [5.41, 5.74) is 2.20. The Bertz CT molecular complexity index is 1360. The summed E-state index contributed by atoms with van der Waals surface area (Å²) < 4.78 is 21.2. The molecule has 0 bridgehead atoms. The first kappa shape index (κ1) is 23.8. The van der Waals surface area contributed by atoms with Gasteiger partial charge >= 0.3 is 0 Å². The second-order valence-corrected chi connectivity index (χ2v) is 8.32. The van der Waals surface area contributed by atoms with Crippen LogP contribution in [0.25, 0.3) is 27.7 Å². The van der Waals surface area contributed by atoms with Gasteiger partial charge in [-0.2, -0.15) is 9.37 Å². The van der Waals surface area contributed by atoms with E-state index in [1.165, 1.54) is 12.3 Å². The number of rotatable bonds is 7. The van der Waals surface area contributed by atoms with Gasteiger partial charge in [0.1, 0.15) is 5.65 Å². The van der Waals surface area contributed by atoms with E-state index in [-0.39, 0.29) is 11.6 Å². The molecule has 0 radical (unpaired) electrons. The lowest BCUT2D eigenvalue weighted by Crippen LogP contribution is -2.24. The molecule has 1 fully saturated rings. The second kappa shape index (κ2) is 10.3. The maximum atomic E-state index is 14.2. The maximum absolute atomic E-state index is 14.2. The molecule has 0 aliphatic carbocycles. The highest BCUT2D eigenvalue weighted by atomic mass is 35.5. The van der Waals surface area contributed by atoms with Crippen molar-refractivity contribution in [3.8, 4) is 11.1 Å². The number of fused-ring (bicyclic) bond motifs is 1. The number of benzene rings is 1. The number of pyridine rings is 1. The van der Waals surface area contributed by atoms with E-state index in [9.17, 15) is 9.18 Å². The van der Waals surface area contributed by atoms with Gasteiger partial charge in [0, 0.05) is 52.7 Å². The minimum atomic E-state index is -0.631. The molecule has 1 unspecified atom stereocenters. The number of ether oxygens (including phenoxy) is 1. The van der Waals surface area contributed by atoms with Crippen molar-refractivity contribution in [2.24, 2.45) is 4.99 Å². The maximum Gasteiger partial charge on any atom is 0.260 e. The molecule has 0 saturated carbocycles. The van der Waals surface area contributed by atoms with Crippen LogP contribution in [0.2, 0.25) is 5.02 Å². The van der Waals surface area contributed by atoms with Crippen molar-refractivity contribution in [1.29, 1.82) is 0 Å². The molecule has 3 heterocycles. The van der Waals surface area contributed by atoms with Gasteiger partial charge in [-0.15, -0.1) is 0 Å². The lowest BCUT2D eigenvalue weighted by Gasteiger charge is -2.14. The molecule has 0 amide bonds. The van der Waals surface area contributed by atoms with Crippen LogP contribution >= 0.6 is 11.6 Å². The number of nitrogens with zero attached hydrogens (tertiary/aromatic N) is 4. The first-order chi connectivity index (χ1) is 16.4. The summed E-state index contributed by atoms with van der Waals surface area (Å²) in [7, 11) is 0. The third kappa shape index (κ3) is 4.78. The molecule has 7 nitrogen and oxygen atoms in total. The second-order valence-electron chi connectivity index (χ2n) is 7.91. The van der Waals surface area contributed by atoms with Crippen LogP contribution in [0.3, 0.4) is 0 Å². The largest absolute Gasteiger partial charge is 0.379 e. The SMILES string of the molecule is C=CC=NC(F)=C(C)c1ccc(-c2cc3cnc(NC4CCOC4)nc3n(CC)c2=O)c(Cl)c1. The van der Waals surface area contributed by atoms with Crippen LogP contribution in [-0.4, -0.2) is 40.0 Å². The van der Waals surface area contributed by atoms with Gasteiger partial charge in [0.05, 0.1) is 12.6 Å². The van der Waals surface area contributed by atoms with Crippen molar-refractivity contribution < 1.29 is 9.13 Å². The Hall–Kier alpha value is -3.36. The number of nitrogens with one attached hydrogen (secondary N) is 1. The van der Waals surface area contributed by atoms with Crippen molar-refractivity contribution >= 4 is 40.4 Å². The fourth-order valence-corrected chi connectivity index (χ4v) is 4.13. The number of aromatic nitrogens is 3. The summed E-state index contributed by atoms with van der Waals surface area (Å²) in [6.07, 6.45) is 5.25. The Morgan fingerprint density at radius 2 is 2.24 bits per heavy atom. The summed E-state index contributed by atoms with van der Waals surface area (Å²) >= 11 is 6.56. The van der Waals surface area contributed by atoms with Crippen molar-refractivity contribution in [3.63, 3.8) is 0 Å². The highest BCUT2D eigenvalue weighted by Gasteiger charge is 2.19. The van der Waals surface area contributed by atoms with Crippen LogP contribution < -0.4 is 10.9 Å². The van der Waals surface area contributed by atoms with E-state index in [0.29, 0.717) is 64.0 Å². The molecule has 9 heteroatoms. The first-order valence-corrected chi connectivity index (χ1v) is 11.4. The van der Waals surface area contributed by atoms with Crippen LogP contribution in [0.4, 0.5) is 10.3 Å². The van der Waals surface area contributed by atoms with Gasteiger partial charge in [0.2, 0.25) is 11.9 Å². The number of hydrogen-bond acceptors (Lipinski definition) is 6. The number of aliphatic imine (C=N–C) groups is 1. The zero-order valence-corrected chi connectivity index (χ0v) is 19.8. The normalized spacial score (nSPS) is 16.8. The predicted octanol–water partition coefficient (Wildman–Crippen LogP) is 5.25. The lowest BCUT2D eigenvalue weighted by molar-refractivity contribution is 0.195. The third-order valence-corrected chi connectivity index (χ3v) is 6.01. The minimum absolute atomic E-state index is 0.153. The fourth-order valence-electron chi connectivity index (χ4n) is 3.85. The summed E-state index contributed by atoms with van der Waals surface area (Å²) in [4.78, 5) is 26.1. The van der Waals surface area contributed by atoms with E-state index < -0.39 is 5.95 Å². The molecule has 34 heavy (non-hydrogen) atoms. The molecule has 1 saturated heterocycles. The quantitative estimate of drug-likeness (QED) is 0.368. The summed E-state index contributed by atoms with van der Waals surface area (Å²) in [5.74, 6) is -0.170. The van der Waals surface area contributed by atoms with Crippen molar-refractivity contribution in [2.45, 2.75) is 32.9 Å². The minimum Gasteiger partial charge on any atom is -0.379 e. The summed E-state index contributed by atoms with van der Waals surface area (Å²) in [5, 5.41) is 4.31. The molecule has 2 aromatic heterocycles. The smallest absolute Gasteiger partial charge is 0.260 e. The Labute approximate surface area is 201 Å². The van der Waals surface area contributed by atoms with E-state index in [0.717, 1.165) is 6.42 Å². The van der Waals surface area contributed by atoms with Gasteiger partial charge in [0.15, 0.2) is 0 Å². The molecule has 4 rings (SSSR count). The first-order valence-electron chi connectivity index (χ1n) is 11.0. The number of halogens is 2. The van der Waals surface area contributed by atoms with E-state index in [1.807, 2.05) is 6.92 Å². The van der Waals surface area contributed by atoms with Gasteiger partial charge in [0.25, 0.3) is 5.56 Å². The Balaban J connectivity index is 1.75. The highest BCUT2D eigenvalue weighted by Crippen LogP contribution is 2.31. The number of anilines is 1. The molecule has 1 N–H and O–H groups in total. The van der Waals surface area contributed by atoms with Gasteiger partial charge < -0.3 is 10.1 Å². The van der Waals surface area contributed by atoms with E-state index in [4.69, 9.17) is 16.3 Å². The fraction of sp³-hybridized carbons (Fsp3) is 0.280. The molecule has 3 aromatic rings. The van der Waals surface area contributed by atoms with E-state index >= 15 is 0 Å². The van der Waals surface area contributed by atoms with E-state index in [1.54, 1.807) is 42.0 Å². The topological polar surface area (TPSA) is 81.4 Å². The molecule has 0 spiro atoms. The van der Waals surface area contributed by atoms with Gasteiger partial charge in [-0.1, -0.05) is 36.4 Å². The molecule has 1 aliphatic heterocycles. The average Bonchev–Trinajstić information content (AvgIpc) is 3.35. The Morgan fingerprint density at radius 3 is 2.91 bits per heavy atom. The van der Waals surface area contributed by atoms with E-state index in [2.05, 4.69) is 26.9 Å². The van der Waals surface area contributed by atoms with Crippen molar-refractivity contribution in [3.05, 3.63) is 70.0 Å². The molecular formula is C25H25ClFN5O2. The van der Waals surface area contributed by atoms with Crippen molar-refractivity contribution in [2.75, 3.05) is 18.5 Å². The molecule has 1 atom stereocenters. The van der Waals surface area contributed by atoms with Crippen LogP contribution in [0, 0.1) is 0 Å². The average molecular weight is 482 g/mol. The zero-order valence-electron chi connectivity index (χ0n) is 19.0.